The maximum Gasteiger partial charge on any atom is 0.321 e. The quantitative estimate of drug-likeness (QED) is 0.895. The van der Waals surface area contributed by atoms with Crippen molar-refractivity contribution < 1.29 is 14.3 Å². The van der Waals surface area contributed by atoms with Crippen molar-refractivity contribution in [2.45, 2.75) is 13.8 Å². The Hall–Kier alpha value is -3.02. The number of carbonyl (C=O) groups excluding carboxylic acids is 2. The number of amides is 3. The number of carbonyl (C=O) groups is 2. The number of nitrogens with one attached hydrogen (secondary N) is 2. The molecule has 6 heteroatoms. The Kier molecular flexibility index (Phi) is 4.88. The van der Waals surface area contributed by atoms with Gasteiger partial charge in [0, 0.05) is 18.8 Å². The molecule has 1 heterocycles. The van der Waals surface area contributed by atoms with Gasteiger partial charge in [-0.05, 0) is 49.2 Å². The summed E-state index contributed by atoms with van der Waals surface area (Å²) in [7, 11) is 0. The van der Waals surface area contributed by atoms with Gasteiger partial charge in [0.1, 0.15) is 5.75 Å². The molecule has 130 valence electrons. The van der Waals surface area contributed by atoms with E-state index >= 15 is 0 Å². The predicted octanol–water partition coefficient (Wildman–Crippen LogP) is 3.56. The van der Waals surface area contributed by atoms with Crippen molar-refractivity contribution in [1.29, 1.82) is 0 Å². The fourth-order valence-corrected chi connectivity index (χ4v) is 2.72. The Morgan fingerprint density at radius 1 is 1.12 bits per heavy atom. The molecular formula is C19H21N3O3. The molecular weight excluding hydrogens is 318 g/mol. The van der Waals surface area contributed by atoms with Crippen LogP contribution >= 0.6 is 0 Å². The Balaban J connectivity index is 1.75. The van der Waals surface area contributed by atoms with Gasteiger partial charge in [-0.25, -0.2) is 4.79 Å². The number of fused-ring (bicyclic) bond motifs is 1. The normalized spacial score (nSPS) is 12.6. The fourth-order valence-electron chi connectivity index (χ4n) is 2.72. The standard InChI is InChI=1S/C19H21N3O3/c1-3-22(4-2)19(24)20-15-8-5-13(6-9-15)14-7-10-17-16(11-14)21-18(23)12-25-17/h5-11H,3-4,12H2,1-2H3,(H,20,24)(H,21,23). The van der Waals surface area contributed by atoms with E-state index in [0.717, 1.165) is 16.8 Å². The number of rotatable bonds is 4. The fraction of sp³-hybridized carbons (Fsp3) is 0.263. The van der Waals surface area contributed by atoms with Crippen LogP contribution in [0, 0.1) is 0 Å². The molecule has 0 aliphatic carbocycles. The van der Waals surface area contributed by atoms with Crippen LogP contribution in [0.1, 0.15) is 13.8 Å². The van der Waals surface area contributed by atoms with Gasteiger partial charge in [-0.1, -0.05) is 18.2 Å². The molecule has 25 heavy (non-hydrogen) atoms. The smallest absolute Gasteiger partial charge is 0.321 e. The van der Waals surface area contributed by atoms with Crippen LogP contribution in [0.4, 0.5) is 16.2 Å². The number of anilines is 2. The molecule has 0 spiro atoms. The molecule has 0 aromatic heterocycles. The van der Waals surface area contributed by atoms with Crippen LogP contribution < -0.4 is 15.4 Å². The van der Waals surface area contributed by atoms with Crippen molar-refractivity contribution in [1.82, 2.24) is 4.90 Å². The van der Waals surface area contributed by atoms with Gasteiger partial charge < -0.3 is 20.3 Å². The summed E-state index contributed by atoms with van der Waals surface area (Å²) in [5.41, 5.74) is 3.37. The van der Waals surface area contributed by atoms with Gasteiger partial charge in [-0.15, -0.1) is 0 Å². The van der Waals surface area contributed by atoms with Crippen molar-refractivity contribution in [3.63, 3.8) is 0 Å². The van der Waals surface area contributed by atoms with E-state index in [0.29, 0.717) is 24.5 Å². The molecule has 3 rings (SSSR count). The van der Waals surface area contributed by atoms with Gasteiger partial charge in [0.05, 0.1) is 5.69 Å². The van der Waals surface area contributed by atoms with E-state index in [1.165, 1.54) is 0 Å². The monoisotopic (exact) mass is 339 g/mol. The third-order valence-electron chi connectivity index (χ3n) is 4.13. The lowest BCUT2D eigenvalue weighted by Crippen LogP contribution is -2.34. The summed E-state index contributed by atoms with van der Waals surface area (Å²) >= 11 is 0. The van der Waals surface area contributed by atoms with Gasteiger partial charge >= 0.3 is 6.03 Å². The molecule has 6 nitrogen and oxygen atoms in total. The minimum Gasteiger partial charge on any atom is -0.482 e. The third-order valence-corrected chi connectivity index (χ3v) is 4.13. The lowest BCUT2D eigenvalue weighted by Gasteiger charge is -2.19. The molecule has 2 N–H and O–H groups in total. The van der Waals surface area contributed by atoms with E-state index in [-0.39, 0.29) is 18.5 Å². The third kappa shape index (κ3) is 3.74. The van der Waals surface area contributed by atoms with Crippen LogP contribution in [-0.2, 0) is 4.79 Å². The highest BCUT2D eigenvalue weighted by Gasteiger charge is 2.16. The predicted molar refractivity (Wildman–Crippen MR) is 97.9 cm³/mol. The molecule has 1 aliphatic heterocycles. The summed E-state index contributed by atoms with van der Waals surface area (Å²) in [5, 5.41) is 5.69. The van der Waals surface area contributed by atoms with Crippen molar-refractivity contribution in [2.75, 3.05) is 30.3 Å². The highest BCUT2D eigenvalue weighted by atomic mass is 16.5. The molecule has 3 amide bonds. The largest absolute Gasteiger partial charge is 0.482 e. The summed E-state index contributed by atoms with van der Waals surface area (Å²) in [4.78, 5) is 25.2. The SMILES string of the molecule is CCN(CC)C(=O)Nc1ccc(-c2ccc3c(c2)NC(=O)CO3)cc1. The van der Waals surface area contributed by atoms with Crippen LogP contribution in [0.2, 0.25) is 0 Å². The number of urea groups is 1. The Labute approximate surface area is 146 Å². The first-order chi connectivity index (χ1) is 12.1. The van der Waals surface area contributed by atoms with Crippen molar-refractivity contribution in [3.05, 3.63) is 42.5 Å². The number of hydrogen-bond acceptors (Lipinski definition) is 3. The van der Waals surface area contributed by atoms with Crippen LogP contribution in [0.15, 0.2) is 42.5 Å². The second kappa shape index (κ2) is 7.25. The maximum absolute atomic E-state index is 12.1. The zero-order valence-corrected chi connectivity index (χ0v) is 14.3. The number of benzene rings is 2. The lowest BCUT2D eigenvalue weighted by atomic mass is 10.0. The number of hydrogen-bond donors (Lipinski definition) is 2. The maximum atomic E-state index is 12.1. The summed E-state index contributed by atoms with van der Waals surface area (Å²) < 4.78 is 5.37. The second-order valence-corrected chi connectivity index (χ2v) is 5.73. The molecule has 2 aromatic carbocycles. The van der Waals surface area contributed by atoms with E-state index in [2.05, 4.69) is 10.6 Å². The lowest BCUT2D eigenvalue weighted by molar-refractivity contribution is -0.118. The Morgan fingerprint density at radius 3 is 2.48 bits per heavy atom. The van der Waals surface area contributed by atoms with Crippen LogP contribution in [-0.4, -0.2) is 36.5 Å². The highest BCUT2D eigenvalue weighted by Crippen LogP contribution is 2.33. The van der Waals surface area contributed by atoms with Gasteiger partial charge in [0.25, 0.3) is 5.91 Å². The molecule has 1 aliphatic rings. The van der Waals surface area contributed by atoms with Crippen molar-refractivity contribution in [2.24, 2.45) is 0 Å². The van der Waals surface area contributed by atoms with Gasteiger partial charge in [-0.3, -0.25) is 4.79 Å². The van der Waals surface area contributed by atoms with Crippen LogP contribution in [0.5, 0.6) is 5.75 Å². The Morgan fingerprint density at radius 2 is 1.80 bits per heavy atom. The molecule has 0 unspecified atom stereocenters. The van der Waals surface area contributed by atoms with Crippen molar-refractivity contribution >= 4 is 23.3 Å². The molecule has 0 atom stereocenters. The summed E-state index contributed by atoms with van der Waals surface area (Å²) in [5.74, 6) is 0.519. The molecule has 0 radical (unpaired) electrons. The molecule has 0 saturated heterocycles. The van der Waals surface area contributed by atoms with E-state index < -0.39 is 0 Å². The topological polar surface area (TPSA) is 70.7 Å². The number of nitrogens with zero attached hydrogens (tertiary/aromatic N) is 1. The number of ether oxygens (including phenoxy) is 1. The van der Waals surface area contributed by atoms with E-state index in [4.69, 9.17) is 4.74 Å². The van der Waals surface area contributed by atoms with Crippen molar-refractivity contribution in [3.8, 4) is 16.9 Å². The summed E-state index contributed by atoms with van der Waals surface area (Å²) in [6.07, 6.45) is 0. The second-order valence-electron chi connectivity index (χ2n) is 5.73. The average molecular weight is 339 g/mol. The van der Waals surface area contributed by atoms with Gasteiger partial charge in [0.15, 0.2) is 6.61 Å². The first kappa shape index (κ1) is 16.8. The highest BCUT2D eigenvalue weighted by molar-refractivity contribution is 5.96. The van der Waals surface area contributed by atoms with E-state index in [9.17, 15) is 9.59 Å². The molecule has 0 fully saturated rings. The van der Waals surface area contributed by atoms with E-state index in [1.54, 1.807) is 4.90 Å². The first-order valence-corrected chi connectivity index (χ1v) is 8.33. The van der Waals surface area contributed by atoms with Crippen LogP contribution in [0.25, 0.3) is 11.1 Å². The first-order valence-electron chi connectivity index (χ1n) is 8.33. The average Bonchev–Trinajstić information content (AvgIpc) is 2.62. The molecule has 0 saturated carbocycles. The molecule has 0 bridgehead atoms. The zero-order chi connectivity index (χ0) is 17.8. The zero-order valence-electron chi connectivity index (χ0n) is 14.3. The van der Waals surface area contributed by atoms with E-state index in [1.807, 2.05) is 56.3 Å². The minimum absolute atomic E-state index is 0.0489. The Bertz CT molecular complexity index is 783. The summed E-state index contributed by atoms with van der Waals surface area (Å²) in [6.45, 7) is 5.29. The van der Waals surface area contributed by atoms with Crippen LogP contribution in [0.3, 0.4) is 0 Å². The summed E-state index contributed by atoms with van der Waals surface area (Å²) in [6, 6.07) is 13.2. The van der Waals surface area contributed by atoms with Gasteiger partial charge in [0.2, 0.25) is 0 Å². The minimum atomic E-state index is -0.154. The molecule has 2 aromatic rings. The van der Waals surface area contributed by atoms with Gasteiger partial charge in [-0.2, -0.15) is 0 Å².